The summed E-state index contributed by atoms with van der Waals surface area (Å²) in [4.78, 5) is 21.0. The number of rotatable bonds is 9. The lowest BCUT2D eigenvalue weighted by Gasteiger charge is -2.23. The molecule has 0 spiro atoms. The van der Waals surface area contributed by atoms with Crippen molar-refractivity contribution >= 4 is 11.6 Å². The average molecular weight is 539 g/mol. The highest BCUT2D eigenvalue weighted by atomic mass is 16.5. The summed E-state index contributed by atoms with van der Waals surface area (Å²) in [6, 6.07) is 41.8. The molecule has 0 N–H and O–H groups in total. The molecule has 6 heteroatoms. The molecule has 0 saturated carbocycles. The summed E-state index contributed by atoms with van der Waals surface area (Å²) in [6.45, 7) is 1.04. The van der Waals surface area contributed by atoms with E-state index in [0.29, 0.717) is 30.2 Å². The largest absolute Gasteiger partial charge is 0.496 e. The van der Waals surface area contributed by atoms with Crippen LogP contribution in [-0.4, -0.2) is 39.1 Å². The van der Waals surface area contributed by atoms with Gasteiger partial charge in [-0.05, 0) is 35.7 Å². The zero-order valence-corrected chi connectivity index (χ0v) is 22.9. The van der Waals surface area contributed by atoms with E-state index in [1.165, 1.54) is 5.56 Å². The van der Waals surface area contributed by atoms with E-state index in [-0.39, 0.29) is 5.91 Å². The molecule has 0 aliphatic heterocycles. The molecule has 1 amide bonds. The fourth-order valence-corrected chi connectivity index (χ4v) is 5.01. The predicted molar refractivity (Wildman–Crippen MR) is 162 cm³/mol. The van der Waals surface area contributed by atoms with Gasteiger partial charge in [0.05, 0.1) is 18.5 Å². The van der Waals surface area contributed by atoms with Gasteiger partial charge in [0.25, 0.3) is 5.91 Å². The molecule has 6 nitrogen and oxygen atoms in total. The van der Waals surface area contributed by atoms with Gasteiger partial charge in [-0.1, -0.05) is 103 Å². The van der Waals surface area contributed by atoms with Crippen LogP contribution in [0.5, 0.6) is 5.75 Å². The number of nitrogens with zero attached hydrogens (tertiary/aromatic N) is 4. The van der Waals surface area contributed by atoms with Crippen LogP contribution in [0.2, 0.25) is 0 Å². The fourth-order valence-electron chi connectivity index (χ4n) is 5.01. The number of para-hydroxylation sites is 1. The predicted octanol–water partition coefficient (Wildman–Crippen LogP) is 6.96. The standard InChI is InChI=1S/C35H30N4O2/c1-41-33-20-12-11-19-29(33)32-23-31(36-34-24-30(37-39(32)34)28-17-9-4-10-18-28)35(40)38(25-27-15-7-3-8-16-27)22-21-26-13-5-2-6-14-26/h2-20,23-24H,21-22,25H2,1H3. The van der Waals surface area contributed by atoms with Crippen LogP contribution in [0.3, 0.4) is 0 Å². The Hall–Kier alpha value is -5.23. The van der Waals surface area contributed by atoms with E-state index < -0.39 is 0 Å². The first-order valence-electron chi connectivity index (χ1n) is 13.7. The van der Waals surface area contributed by atoms with Crippen LogP contribution in [0.15, 0.2) is 127 Å². The molecule has 41 heavy (non-hydrogen) atoms. The van der Waals surface area contributed by atoms with Gasteiger partial charge >= 0.3 is 0 Å². The maximum Gasteiger partial charge on any atom is 0.272 e. The Morgan fingerprint density at radius 1 is 0.780 bits per heavy atom. The van der Waals surface area contributed by atoms with Crippen molar-refractivity contribution in [3.8, 4) is 28.3 Å². The number of ether oxygens (including phenoxy) is 1. The monoisotopic (exact) mass is 538 g/mol. The third kappa shape index (κ3) is 5.72. The SMILES string of the molecule is COc1ccccc1-c1cc(C(=O)N(CCc2ccccc2)Cc2ccccc2)nc2cc(-c3ccccc3)nn12. The molecule has 0 aliphatic rings. The molecule has 0 atom stereocenters. The molecule has 2 heterocycles. The zero-order valence-electron chi connectivity index (χ0n) is 22.9. The van der Waals surface area contributed by atoms with Crippen LogP contribution in [0.1, 0.15) is 21.6 Å². The Balaban J connectivity index is 1.45. The maximum atomic E-state index is 14.2. The quantitative estimate of drug-likeness (QED) is 0.200. The van der Waals surface area contributed by atoms with Crippen LogP contribution < -0.4 is 4.74 Å². The van der Waals surface area contributed by atoms with Crippen molar-refractivity contribution in [2.45, 2.75) is 13.0 Å². The summed E-state index contributed by atoms with van der Waals surface area (Å²) in [5, 5.41) is 4.90. The van der Waals surface area contributed by atoms with E-state index in [4.69, 9.17) is 14.8 Å². The Morgan fingerprint density at radius 2 is 1.41 bits per heavy atom. The normalized spacial score (nSPS) is 11.0. The molecule has 0 aliphatic carbocycles. The van der Waals surface area contributed by atoms with E-state index in [0.717, 1.165) is 34.5 Å². The molecule has 0 saturated heterocycles. The van der Waals surface area contributed by atoms with Crippen LogP contribution in [0, 0.1) is 0 Å². The molecule has 6 aromatic rings. The van der Waals surface area contributed by atoms with Gasteiger partial charge in [-0.25, -0.2) is 9.50 Å². The first-order valence-corrected chi connectivity index (χ1v) is 13.7. The number of hydrogen-bond donors (Lipinski definition) is 0. The zero-order chi connectivity index (χ0) is 28.0. The molecule has 2 aromatic heterocycles. The average Bonchev–Trinajstić information content (AvgIpc) is 3.48. The van der Waals surface area contributed by atoms with Crippen LogP contribution in [0.4, 0.5) is 0 Å². The number of carbonyl (C=O) groups excluding carboxylic acids is 1. The van der Waals surface area contributed by atoms with Gasteiger partial charge in [0.15, 0.2) is 5.65 Å². The van der Waals surface area contributed by atoms with E-state index in [2.05, 4.69) is 12.1 Å². The number of benzene rings is 4. The lowest BCUT2D eigenvalue weighted by Crippen LogP contribution is -2.33. The number of fused-ring (bicyclic) bond motifs is 1. The van der Waals surface area contributed by atoms with Crippen molar-refractivity contribution in [1.82, 2.24) is 19.5 Å². The summed E-state index contributed by atoms with van der Waals surface area (Å²) in [6.07, 6.45) is 0.742. The van der Waals surface area contributed by atoms with Gasteiger partial charge < -0.3 is 9.64 Å². The highest BCUT2D eigenvalue weighted by molar-refractivity contribution is 5.94. The van der Waals surface area contributed by atoms with Crippen LogP contribution in [0.25, 0.3) is 28.2 Å². The summed E-state index contributed by atoms with van der Waals surface area (Å²) in [7, 11) is 1.65. The third-order valence-corrected chi connectivity index (χ3v) is 7.12. The molecule has 0 bridgehead atoms. The number of methoxy groups -OCH3 is 1. The Labute approximate surface area is 239 Å². The topological polar surface area (TPSA) is 59.7 Å². The van der Waals surface area contributed by atoms with Gasteiger partial charge in [-0.3, -0.25) is 4.79 Å². The Kier molecular flexibility index (Phi) is 7.54. The summed E-state index contributed by atoms with van der Waals surface area (Å²) in [5.74, 6) is 0.561. The van der Waals surface area contributed by atoms with Gasteiger partial charge in [0, 0.05) is 30.3 Å². The van der Waals surface area contributed by atoms with Crippen LogP contribution >= 0.6 is 0 Å². The van der Waals surface area contributed by atoms with Crippen molar-refractivity contribution in [1.29, 1.82) is 0 Å². The summed E-state index contributed by atoms with van der Waals surface area (Å²) < 4.78 is 7.49. The minimum atomic E-state index is -0.133. The summed E-state index contributed by atoms with van der Waals surface area (Å²) >= 11 is 0. The smallest absolute Gasteiger partial charge is 0.272 e. The molecule has 0 fully saturated rings. The maximum absolute atomic E-state index is 14.2. The first-order chi connectivity index (χ1) is 20.2. The van der Waals surface area contributed by atoms with Crippen molar-refractivity contribution in [2.75, 3.05) is 13.7 Å². The Bertz CT molecular complexity index is 1770. The molecule has 0 radical (unpaired) electrons. The highest BCUT2D eigenvalue weighted by Gasteiger charge is 2.22. The number of amides is 1. The number of carbonyl (C=O) groups is 1. The van der Waals surface area contributed by atoms with Gasteiger partial charge in [0.1, 0.15) is 11.4 Å². The van der Waals surface area contributed by atoms with E-state index in [9.17, 15) is 4.79 Å². The lowest BCUT2D eigenvalue weighted by atomic mass is 10.1. The molecule has 0 unspecified atom stereocenters. The van der Waals surface area contributed by atoms with E-state index >= 15 is 0 Å². The van der Waals surface area contributed by atoms with Crippen molar-refractivity contribution in [3.05, 3.63) is 144 Å². The van der Waals surface area contributed by atoms with E-state index in [1.807, 2.05) is 120 Å². The second kappa shape index (κ2) is 11.9. The lowest BCUT2D eigenvalue weighted by molar-refractivity contribution is 0.0739. The fraction of sp³-hybridized carbons (Fsp3) is 0.114. The van der Waals surface area contributed by atoms with Crippen molar-refractivity contribution < 1.29 is 9.53 Å². The highest BCUT2D eigenvalue weighted by Crippen LogP contribution is 2.32. The van der Waals surface area contributed by atoms with E-state index in [1.54, 1.807) is 11.6 Å². The van der Waals surface area contributed by atoms with Crippen LogP contribution in [-0.2, 0) is 13.0 Å². The van der Waals surface area contributed by atoms with Gasteiger partial charge in [-0.15, -0.1) is 0 Å². The second-order valence-electron chi connectivity index (χ2n) is 9.84. The second-order valence-corrected chi connectivity index (χ2v) is 9.84. The number of aromatic nitrogens is 3. The van der Waals surface area contributed by atoms with Gasteiger partial charge in [0.2, 0.25) is 0 Å². The van der Waals surface area contributed by atoms with Crippen molar-refractivity contribution in [3.63, 3.8) is 0 Å². The molecule has 4 aromatic carbocycles. The van der Waals surface area contributed by atoms with Gasteiger partial charge in [-0.2, -0.15) is 5.10 Å². The minimum Gasteiger partial charge on any atom is -0.496 e. The number of hydrogen-bond acceptors (Lipinski definition) is 4. The third-order valence-electron chi connectivity index (χ3n) is 7.12. The summed E-state index contributed by atoms with van der Waals surface area (Å²) in [5.41, 5.74) is 6.53. The molecular formula is C35H30N4O2. The molecule has 202 valence electrons. The first kappa shape index (κ1) is 26.0. The molecule has 6 rings (SSSR count). The Morgan fingerprint density at radius 3 is 2.12 bits per heavy atom. The minimum absolute atomic E-state index is 0.133. The van der Waals surface area contributed by atoms with Crippen molar-refractivity contribution in [2.24, 2.45) is 0 Å². The molecular weight excluding hydrogens is 508 g/mol.